The first-order valence-corrected chi connectivity index (χ1v) is 9.73. The Labute approximate surface area is 157 Å². The van der Waals surface area contributed by atoms with Gasteiger partial charge in [-0.05, 0) is 86.2 Å². The Bertz CT molecular complexity index is 666. The summed E-state index contributed by atoms with van der Waals surface area (Å²) in [6, 6.07) is 5.24. The van der Waals surface area contributed by atoms with Crippen LogP contribution in [0.25, 0.3) is 0 Å². The maximum atomic E-state index is 12.3. The third kappa shape index (κ3) is 3.16. The van der Waals surface area contributed by atoms with E-state index in [-0.39, 0.29) is 5.91 Å². The zero-order chi connectivity index (χ0) is 16.8. The number of carbonyl (C=O) groups is 1. The van der Waals surface area contributed by atoms with Gasteiger partial charge in [-0.15, -0.1) is 0 Å². The Morgan fingerprint density at radius 2 is 1.62 bits per heavy atom. The maximum Gasteiger partial charge on any atom is 0.257 e. The Morgan fingerprint density at radius 1 is 1.00 bits per heavy atom. The second kappa shape index (κ2) is 6.47. The monoisotopic (exact) mass is 382 g/mol. The van der Waals surface area contributed by atoms with Crippen molar-refractivity contribution in [3.63, 3.8) is 0 Å². The maximum absolute atomic E-state index is 12.3. The molecule has 1 aromatic rings. The molecular weight excluding hydrogens is 363 g/mol. The highest BCUT2D eigenvalue weighted by molar-refractivity contribution is 7.80. The largest absolute Gasteiger partial charge is 0.359 e. The summed E-state index contributed by atoms with van der Waals surface area (Å²) < 4.78 is 0. The second-order valence-corrected chi connectivity index (χ2v) is 8.74. The van der Waals surface area contributed by atoms with Crippen LogP contribution in [0.15, 0.2) is 18.2 Å². The van der Waals surface area contributed by atoms with Crippen LogP contribution < -0.4 is 10.6 Å². The summed E-state index contributed by atoms with van der Waals surface area (Å²) >= 11 is 17.2. The lowest BCUT2D eigenvalue weighted by molar-refractivity contribution is -0.00692. The average molecular weight is 383 g/mol. The summed E-state index contributed by atoms with van der Waals surface area (Å²) in [7, 11) is 0. The van der Waals surface area contributed by atoms with Gasteiger partial charge in [0.2, 0.25) is 0 Å². The summed E-state index contributed by atoms with van der Waals surface area (Å²) in [5.74, 6) is 3.01. The fraction of sp³-hybridized carbons (Fsp3) is 0.556. The Balaban J connectivity index is 1.38. The highest BCUT2D eigenvalue weighted by Gasteiger charge is 2.48. The standard InChI is InChI=1S/C18H20Cl2N2OS/c19-14-2-1-11(8-15(14)20)17(23)22-18(24)21-16-12-4-9-3-10(6-12)7-13(16)5-9/h1-2,8-10,12-13,16H,3-7H2,(H2,21,22,23,24). The van der Waals surface area contributed by atoms with Crippen molar-refractivity contribution >= 4 is 46.4 Å². The first-order chi connectivity index (χ1) is 11.5. The molecule has 0 unspecified atom stereocenters. The van der Waals surface area contributed by atoms with Crippen LogP contribution in [0.5, 0.6) is 0 Å². The van der Waals surface area contributed by atoms with Crippen LogP contribution in [0.2, 0.25) is 10.0 Å². The van der Waals surface area contributed by atoms with Crippen molar-refractivity contribution < 1.29 is 4.79 Å². The zero-order valence-electron chi connectivity index (χ0n) is 13.2. The van der Waals surface area contributed by atoms with Crippen LogP contribution in [0, 0.1) is 23.7 Å². The molecule has 0 heterocycles. The molecule has 4 saturated carbocycles. The molecule has 2 N–H and O–H groups in total. The lowest BCUT2D eigenvalue weighted by Crippen LogP contribution is -2.57. The van der Waals surface area contributed by atoms with E-state index in [0.29, 0.717) is 38.6 Å². The summed E-state index contributed by atoms with van der Waals surface area (Å²) in [6.45, 7) is 0. The van der Waals surface area contributed by atoms with Gasteiger partial charge < -0.3 is 5.32 Å². The van der Waals surface area contributed by atoms with E-state index in [2.05, 4.69) is 10.6 Å². The van der Waals surface area contributed by atoms with Crippen molar-refractivity contribution in [1.29, 1.82) is 0 Å². The van der Waals surface area contributed by atoms with Gasteiger partial charge in [-0.1, -0.05) is 23.2 Å². The van der Waals surface area contributed by atoms with E-state index >= 15 is 0 Å². The number of amides is 1. The van der Waals surface area contributed by atoms with Crippen LogP contribution in [0.4, 0.5) is 0 Å². The molecule has 0 atom stereocenters. The minimum Gasteiger partial charge on any atom is -0.359 e. The van der Waals surface area contributed by atoms with Gasteiger partial charge in [0.25, 0.3) is 5.91 Å². The smallest absolute Gasteiger partial charge is 0.257 e. The molecule has 24 heavy (non-hydrogen) atoms. The van der Waals surface area contributed by atoms with Gasteiger partial charge in [-0.3, -0.25) is 10.1 Å². The average Bonchev–Trinajstić information content (AvgIpc) is 2.52. The molecule has 1 amide bonds. The van der Waals surface area contributed by atoms with Crippen molar-refractivity contribution in [3.8, 4) is 0 Å². The van der Waals surface area contributed by atoms with E-state index in [1.54, 1.807) is 18.2 Å². The summed E-state index contributed by atoms with van der Waals surface area (Å²) in [5.41, 5.74) is 0.457. The molecular formula is C18H20Cl2N2OS. The molecule has 4 bridgehead atoms. The van der Waals surface area contributed by atoms with Crippen molar-refractivity contribution in [2.24, 2.45) is 23.7 Å². The minimum atomic E-state index is -0.255. The van der Waals surface area contributed by atoms with E-state index < -0.39 is 0 Å². The van der Waals surface area contributed by atoms with E-state index in [4.69, 9.17) is 35.4 Å². The number of carbonyl (C=O) groups excluding carboxylic acids is 1. The molecule has 1 aromatic carbocycles. The van der Waals surface area contributed by atoms with Crippen LogP contribution in [-0.4, -0.2) is 17.1 Å². The molecule has 0 spiro atoms. The molecule has 4 aliphatic rings. The Hall–Kier alpha value is -0.840. The van der Waals surface area contributed by atoms with Crippen LogP contribution in [0.3, 0.4) is 0 Å². The molecule has 0 aliphatic heterocycles. The van der Waals surface area contributed by atoms with Gasteiger partial charge in [0.05, 0.1) is 10.0 Å². The molecule has 0 aromatic heterocycles. The molecule has 0 radical (unpaired) electrons. The van der Waals surface area contributed by atoms with Gasteiger partial charge in [-0.25, -0.2) is 0 Å². The highest BCUT2D eigenvalue weighted by atomic mass is 35.5. The van der Waals surface area contributed by atoms with Crippen molar-refractivity contribution in [3.05, 3.63) is 33.8 Å². The Morgan fingerprint density at radius 3 is 2.21 bits per heavy atom. The molecule has 4 fully saturated rings. The van der Waals surface area contributed by atoms with E-state index in [9.17, 15) is 4.79 Å². The first-order valence-electron chi connectivity index (χ1n) is 8.56. The third-order valence-corrected chi connectivity index (χ3v) is 6.89. The number of hydrogen-bond acceptors (Lipinski definition) is 2. The minimum absolute atomic E-state index is 0.255. The molecule has 3 nitrogen and oxygen atoms in total. The van der Waals surface area contributed by atoms with Gasteiger partial charge in [0, 0.05) is 11.6 Å². The number of thiocarbonyl (C=S) groups is 1. The lowest BCUT2D eigenvalue weighted by atomic mass is 9.54. The Kier molecular flexibility index (Phi) is 4.48. The van der Waals surface area contributed by atoms with Gasteiger partial charge in [0.1, 0.15) is 0 Å². The summed E-state index contributed by atoms with van der Waals surface area (Å²) in [4.78, 5) is 12.3. The zero-order valence-corrected chi connectivity index (χ0v) is 15.6. The third-order valence-electron chi connectivity index (χ3n) is 5.93. The predicted octanol–water partition coefficient (Wildman–Crippen LogP) is 4.42. The molecule has 6 heteroatoms. The number of nitrogens with one attached hydrogen (secondary N) is 2. The van der Waals surface area contributed by atoms with Gasteiger partial charge in [-0.2, -0.15) is 0 Å². The fourth-order valence-corrected chi connectivity index (χ4v) is 5.69. The van der Waals surface area contributed by atoms with Crippen LogP contribution in [-0.2, 0) is 0 Å². The van der Waals surface area contributed by atoms with Crippen molar-refractivity contribution in [1.82, 2.24) is 10.6 Å². The van der Waals surface area contributed by atoms with E-state index in [0.717, 1.165) is 11.8 Å². The van der Waals surface area contributed by atoms with Gasteiger partial charge in [0.15, 0.2) is 5.11 Å². The predicted molar refractivity (Wildman–Crippen MR) is 100 cm³/mol. The quantitative estimate of drug-likeness (QED) is 0.743. The van der Waals surface area contributed by atoms with E-state index in [1.165, 1.54) is 32.1 Å². The highest BCUT2D eigenvalue weighted by Crippen LogP contribution is 2.53. The molecule has 0 saturated heterocycles. The summed E-state index contributed by atoms with van der Waals surface area (Å²) in [6.07, 6.45) is 6.68. The topological polar surface area (TPSA) is 41.1 Å². The second-order valence-electron chi connectivity index (χ2n) is 7.51. The molecule has 128 valence electrons. The van der Waals surface area contributed by atoms with Crippen LogP contribution in [0.1, 0.15) is 42.5 Å². The van der Waals surface area contributed by atoms with Crippen molar-refractivity contribution in [2.45, 2.75) is 38.1 Å². The number of benzene rings is 1. The van der Waals surface area contributed by atoms with Gasteiger partial charge >= 0.3 is 0 Å². The normalized spacial score (nSPS) is 33.3. The number of rotatable bonds is 2. The number of halogens is 2. The first kappa shape index (κ1) is 16.6. The lowest BCUT2D eigenvalue weighted by Gasteiger charge is -2.54. The van der Waals surface area contributed by atoms with E-state index in [1.807, 2.05) is 0 Å². The SMILES string of the molecule is O=C(NC(=S)NC1C2CC3CC(C2)CC1C3)c1ccc(Cl)c(Cl)c1. The fourth-order valence-electron chi connectivity index (χ4n) is 5.16. The molecule has 4 aliphatic carbocycles. The number of hydrogen-bond donors (Lipinski definition) is 2. The van der Waals surface area contributed by atoms with Crippen molar-refractivity contribution in [2.75, 3.05) is 0 Å². The van der Waals surface area contributed by atoms with Crippen LogP contribution >= 0.6 is 35.4 Å². The summed E-state index contributed by atoms with van der Waals surface area (Å²) in [5, 5.41) is 7.43. The molecule has 5 rings (SSSR count).